The predicted molar refractivity (Wildman–Crippen MR) is 183 cm³/mol. The number of hydrogen-bond donors (Lipinski definition) is 2. The Hall–Kier alpha value is -3.98. The standard InChI is InChI=1S/C35H39NO2.2C2H6/c1-5-8-12-25(4)32-20-16-27-23-29(37)17-21-33(27)35(32)26-14-18-30(19-15-26)38-22-11-9-10-13-28-24-36-34(7-3)31(28)6-2;2*1-2/h5-8,12,14-15,17-19,21,23-24,32,35-37H,1-4,9-11,13,16,20,22H2;2*1-2H3/b12-8-;;. The highest BCUT2D eigenvalue weighted by Gasteiger charge is 2.32. The van der Waals surface area contributed by atoms with Gasteiger partial charge < -0.3 is 14.8 Å². The van der Waals surface area contributed by atoms with Crippen LogP contribution >= 0.6 is 0 Å². The quantitative estimate of drug-likeness (QED) is 0.160. The third kappa shape index (κ3) is 9.01. The molecule has 1 heterocycles. The molecule has 2 unspecified atom stereocenters. The molecule has 3 nitrogen and oxygen atoms in total. The Balaban J connectivity index is 0.00000148. The van der Waals surface area contributed by atoms with Gasteiger partial charge in [0.05, 0.1) is 6.61 Å². The molecule has 2 aromatic carbocycles. The number of unbranched alkanes of at least 4 members (excludes halogenated alkanes) is 2. The van der Waals surface area contributed by atoms with E-state index in [1.165, 1.54) is 22.3 Å². The average Bonchev–Trinajstić information content (AvgIpc) is 3.45. The van der Waals surface area contributed by atoms with Gasteiger partial charge in [-0.1, -0.05) is 102 Å². The number of benzene rings is 2. The number of H-pyrrole nitrogens is 1. The van der Waals surface area contributed by atoms with Gasteiger partial charge in [0.25, 0.3) is 0 Å². The predicted octanol–water partition coefficient (Wildman–Crippen LogP) is 10.8. The van der Waals surface area contributed by atoms with E-state index >= 15 is 0 Å². The van der Waals surface area contributed by atoms with E-state index in [-0.39, 0.29) is 5.92 Å². The van der Waals surface area contributed by atoms with Crippen LogP contribution in [0.3, 0.4) is 0 Å². The van der Waals surface area contributed by atoms with Crippen LogP contribution in [-0.4, -0.2) is 16.7 Å². The Morgan fingerprint density at radius 3 is 2.38 bits per heavy atom. The van der Waals surface area contributed by atoms with E-state index in [0.717, 1.165) is 61.1 Å². The van der Waals surface area contributed by atoms with E-state index in [1.54, 1.807) is 12.1 Å². The van der Waals surface area contributed by atoms with E-state index in [1.807, 2.05) is 52.0 Å². The third-order valence-electron chi connectivity index (χ3n) is 7.56. The lowest BCUT2D eigenvalue weighted by Gasteiger charge is -2.35. The van der Waals surface area contributed by atoms with Crippen molar-refractivity contribution < 1.29 is 9.84 Å². The molecule has 0 fully saturated rings. The van der Waals surface area contributed by atoms with Crippen LogP contribution in [0.5, 0.6) is 11.5 Å². The van der Waals surface area contributed by atoms with Gasteiger partial charge >= 0.3 is 0 Å². The molecule has 2 atom stereocenters. The Bertz CT molecular complexity index is 1310. The minimum absolute atomic E-state index is 0.186. The van der Waals surface area contributed by atoms with Crippen molar-refractivity contribution in [3.63, 3.8) is 0 Å². The summed E-state index contributed by atoms with van der Waals surface area (Å²) in [5.41, 5.74) is 8.33. The fourth-order valence-corrected chi connectivity index (χ4v) is 5.60. The van der Waals surface area contributed by atoms with Crippen molar-refractivity contribution in [1.29, 1.82) is 0 Å². The number of nitrogens with one attached hydrogen (secondary N) is 1. The van der Waals surface area contributed by atoms with Gasteiger partial charge in [-0.15, -0.1) is 0 Å². The molecule has 1 aromatic heterocycles. The minimum Gasteiger partial charge on any atom is -0.508 e. The second kappa shape index (κ2) is 18.5. The highest BCUT2D eigenvalue weighted by molar-refractivity contribution is 5.64. The maximum atomic E-state index is 10.0. The van der Waals surface area contributed by atoms with Crippen LogP contribution in [-0.2, 0) is 12.8 Å². The van der Waals surface area contributed by atoms with E-state index < -0.39 is 0 Å². The van der Waals surface area contributed by atoms with Crippen LogP contribution in [0.25, 0.3) is 12.2 Å². The van der Waals surface area contributed by atoms with Gasteiger partial charge in [0, 0.05) is 23.4 Å². The maximum absolute atomic E-state index is 10.0. The number of hydrogen-bond acceptors (Lipinski definition) is 2. The normalized spacial score (nSPS) is 15.3. The fraction of sp³-hybridized carbons (Fsp3) is 0.333. The molecule has 4 rings (SSSR count). The fourth-order valence-electron chi connectivity index (χ4n) is 5.60. The van der Waals surface area contributed by atoms with Crippen LogP contribution in [0.2, 0.25) is 0 Å². The Morgan fingerprint density at radius 2 is 1.71 bits per heavy atom. The molecule has 0 saturated heterocycles. The van der Waals surface area contributed by atoms with Gasteiger partial charge in [-0.25, -0.2) is 0 Å². The molecular weight excluding hydrogens is 514 g/mol. The molecule has 1 aliphatic carbocycles. The summed E-state index contributed by atoms with van der Waals surface area (Å²) in [5, 5.41) is 10.0. The van der Waals surface area contributed by atoms with Crippen LogP contribution < -0.4 is 4.74 Å². The lowest BCUT2D eigenvalue weighted by Crippen LogP contribution is -2.22. The van der Waals surface area contributed by atoms with Crippen molar-refractivity contribution in [3.05, 3.63) is 132 Å². The first kappa shape index (κ1) is 34.2. The monoisotopic (exact) mass is 565 g/mol. The molecular formula is C39H51NO2. The SMILES string of the molecule is C=C/C=C\C(=C)C1CCc2cc(O)ccc2C1c1ccc(OCCCCCc2c[nH]c(C=C)c2C=C)cc1.CC.CC. The topological polar surface area (TPSA) is 45.2 Å². The number of aromatic hydroxyl groups is 1. The minimum atomic E-state index is 0.186. The average molecular weight is 566 g/mol. The van der Waals surface area contributed by atoms with Gasteiger partial charge in [-0.05, 0) is 97.0 Å². The van der Waals surface area contributed by atoms with Crippen molar-refractivity contribution >= 4 is 12.2 Å². The number of phenols is 1. The van der Waals surface area contributed by atoms with Crippen molar-refractivity contribution in [2.45, 2.75) is 72.1 Å². The molecule has 3 aromatic rings. The smallest absolute Gasteiger partial charge is 0.119 e. The van der Waals surface area contributed by atoms with Crippen molar-refractivity contribution in [3.8, 4) is 11.5 Å². The first-order chi connectivity index (χ1) is 20.5. The zero-order valence-corrected chi connectivity index (χ0v) is 26.3. The maximum Gasteiger partial charge on any atom is 0.119 e. The third-order valence-corrected chi connectivity index (χ3v) is 7.56. The van der Waals surface area contributed by atoms with Crippen molar-refractivity contribution in [1.82, 2.24) is 4.98 Å². The Kier molecular flexibility index (Phi) is 15.0. The summed E-state index contributed by atoms with van der Waals surface area (Å²) < 4.78 is 6.07. The molecule has 42 heavy (non-hydrogen) atoms. The summed E-state index contributed by atoms with van der Waals surface area (Å²) in [6.07, 6.45) is 17.8. The number of aromatic amines is 1. The summed E-state index contributed by atoms with van der Waals surface area (Å²) >= 11 is 0. The molecule has 0 amide bonds. The van der Waals surface area contributed by atoms with Gasteiger partial charge in [0.15, 0.2) is 0 Å². The van der Waals surface area contributed by atoms with Crippen molar-refractivity contribution in [2.75, 3.05) is 6.61 Å². The largest absolute Gasteiger partial charge is 0.508 e. The number of aromatic nitrogens is 1. The first-order valence-corrected chi connectivity index (χ1v) is 15.5. The van der Waals surface area contributed by atoms with E-state index in [9.17, 15) is 5.11 Å². The van der Waals surface area contributed by atoms with Crippen LogP contribution in [0.1, 0.15) is 92.8 Å². The lowest BCUT2D eigenvalue weighted by atomic mass is 9.69. The number of ether oxygens (including phenoxy) is 1. The molecule has 0 radical (unpaired) electrons. The van der Waals surface area contributed by atoms with E-state index in [4.69, 9.17) is 4.74 Å². The lowest BCUT2D eigenvalue weighted by molar-refractivity contribution is 0.305. The molecule has 1 aliphatic rings. The number of aryl methyl sites for hydroxylation is 2. The number of allylic oxidation sites excluding steroid dienone is 4. The molecule has 0 aliphatic heterocycles. The van der Waals surface area contributed by atoms with Crippen LogP contribution in [0, 0.1) is 5.92 Å². The summed E-state index contributed by atoms with van der Waals surface area (Å²) in [6, 6.07) is 14.3. The molecule has 0 bridgehead atoms. The Morgan fingerprint density at radius 1 is 0.976 bits per heavy atom. The summed E-state index contributed by atoms with van der Waals surface area (Å²) in [4.78, 5) is 3.27. The van der Waals surface area contributed by atoms with E-state index in [0.29, 0.717) is 18.3 Å². The van der Waals surface area contributed by atoms with Gasteiger partial charge in [0.1, 0.15) is 11.5 Å². The highest BCUT2D eigenvalue weighted by Crippen LogP contribution is 2.45. The second-order valence-corrected chi connectivity index (χ2v) is 9.95. The zero-order valence-electron chi connectivity index (χ0n) is 26.3. The molecule has 224 valence electrons. The van der Waals surface area contributed by atoms with Gasteiger partial charge in [-0.2, -0.15) is 0 Å². The number of rotatable bonds is 13. The van der Waals surface area contributed by atoms with E-state index in [2.05, 4.69) is 73.9 Å². The van der Waals surface area contributed by atoms with Crippen molar-refractivity contribution in [2.24, 2.45) is 5.92 Å². The molecule has 0 spiro atoms. The highest BCUT2D eigenvalue weighted by atomic mass is 16.5. The number of phenolic OH excluding ortho intramolecular Hbond substituents is 1. The molecule has 0 saturated carbocycles. The number of fused-ring (bicyclic) bond motifs is 1. The second-order valence-electron chi connectivity index (χ2n) is 9.95. The van der Waals surface area contributed by atoms with Gasteiger partial charge in [0.2, 0.25) is 0 Å². The van der Waals surface area contributed by atoms with Crippen LogP contribution in [0.4, 0.5) is 0 Å². The molecule has 3 heteroatoms. The summed E-state index contributed by atoms with van der Waals surface area (Å²) in [6.45, 7) is 24.7. The summed E-state index contributed by atoms with van der Waals surface area (Å²) in [7, 11) is 0. The first-order valence-electron chi connectivity index (χ1n) is 15.5. The Labute approximate surface area is 255 Å². The molecule has 2 N–H and O–H groups in total. The van der Waals surface area contributed by atoms with Crippen LogP contribution in [0.15, 0.2) is 98.8 Å². The summed E-state index contributed by atoms with van der Waals surface area (Å²) in [5.74, 6) is 1.70. The zero-order chi connectivity index (χ0) is 30.9. The van der Waals surface area contributed by atoms with Gasteiger partial charge in [-0.3, -0.25) is 0 Å².